The van der Waals surface area contributed by atoms with Crippen LogP contribution in [0, 0.1) is 0 Å². The lowest BCUT2D eigenvalue weighted by Gasteiger charge is -2.20. The summed E-state index contributed by atoms with van der Waals surface area (Å²) in [5.74, 6) is 0.589. The summed E-state index contributed by atoms with van der Waals surface area (Å²) in [5, 5.41) is 6.23. The highest BCUT2D eigenvalue weighted by atomic mass is 16.5. The maximum Gasteiger partial charge on any atom is 0.221 e. The fourth-order valence-corrected chi connectivity index (χ4v) is 1.78. The van der Waals surface area contributed by atoms with E-state index >= 15 is 0 Å². The van der Waals surface area contributed by atoms with Crippen molar-refractivity contribution in [2.45, 2.75) is 39.7 Å². The van der Waals surface area contributed by atoms with Crippen LogP contribution in [0.15, 0.2) is 18.2 Å². The zero-order valence-corrected chi connectivity index (χ0v) is 12.5. The third kappa shape index (κ3) is 5.75. The first kappa shape index (κ1) is 15.5. The molecule has 0 saturated heterocycles. The molecule has 0 saturated carbocycles. The number of carbonyl (C=O) groups is 1. The average molecular weight is 264 g/mol. The first-order valence-corrected chi connectivity index (χ1v) is 6.51. The van der Waals surface area contributed by atoms with Gasteiger partial charge in [-0.25, -0.2) is 0 Å². The van der Waals surface area contributed by atoms with E-state index in [1.54, 1.807) is 7.11 Å². The van der Waals surface area contributed by atoms with Crippen LogP contribution in [0.5, 0.6) is 5.75 Å². The van der Waals surface area contributed by atoms with Crippen LogP contribution in [-0.4, -0.2) is 25.1 Å². The van der Waals surface area contributed by atoms with Crippen LogP contribution in [0.2, 0.25) is 0 Å². The third-order valence-electron chi connectivity index (χ3n) is 2.64. The number of amides is 1. The molecule has 1 aromatic carbocycles. The predicted molar refractivity (Wildman–Crippen MR) is 78.8 cm³/mol. The van der Waals surface area contributed by atoms with Crippen LogP contribution in [0.3, 0.4) is 0 Å². The molecule has 0 fully saturated rings. The lowest BCUT2D eigenvalue weighted by Crippen LogP contribution is -2.37. The number of hydrogen-bond acceptors (Lipinski definition) is 3. The SMILES string of the molecule is COc1ccc(CCNC(C)(C)C)cc1NC(C)=O. The minimum Gasteiger partial charge on any atom is -0.495 e. The van der Waals surface area contributed by atoms with Gasteiger partial charge in [0.25, 0.3) is 0 Å². The number of anilines is 1. The summed E-state index contributed by atoms with van der Waals surface area (Å²) in [5.41, 5.74) is 2.01. The van der Waals surface area contributed by atoms with E-state index in [0.29, 0.717) is 5.75 Å². The van der Waals surface area contributed by atoms with Gasteiger partial charge in [-0.05, 0) is 51.4 Å². The van der Waals surface area contributed by atoms with Gasteiger partial charge in [-0.15, -0.1) is 0 Å². The molecule has 0 aliphatic carbocycles. The first-order valence-electron chi connectivity index (χ1n) is 6.51. The molecule has 19 heavy (non-hydrogen) atoms. The monoisotopic (exact) mass is 264 g/mol. The average Bonchev–Trinajstić information content (AvgIpc) is 2.27. The fraction of sp³-hybridized carbons (Fsp3) is 0.533. The molecule has 0 unspecified atom stereocenters. The van der Waals surface area contributed by atoms with Crippen molar-refractivity contribution in [3.05, 3.63) is 23.8 Å². The quantitative estimate of drug-likeness (QED) is 0.859. The summed E-state index contributed by atoms with van der Waals surface area (Å²) in [6, 6.07) is 5.87. The number of hydrogen-bond donors (Lipinski definition) is 2. The Hall–Kier alpha value is -1.55. The Morgan fingerprint density at radius 3 is 2.53 bits per heavy atom. The van der Waals surface area contributed by atoms with Gasteiger partial charge in [0.2, 0.25) is 5.91 Å². The topological polar surface area (TPSA) is 50.4 Å². The predicted octanol–water partition coefficient (Wildman–Crippen LogP) is 2.58. The summed E-state index contributed by atoms with van der Waals surface area (Å²) in [6.45, 7) is 8.82. The molecule has 0 spiro atoms. The number of ether oxygens (including phenoxy) is 1. The Labute approximate surface area is 115 Å². The van der Waals surface area contributed by atoms with Gasteiger partial charge in [0.05, 0.1) is 12.8 Å². The smallest absolute Gasteiger partial charge is 0.221 e. The molecular formula is C15H24N2O2. The maximum absolute atomic E-state index is 11.2. The largest absolute Gasteiger partial charge is 0.495 e. The molecule has 2 N–H and O–H groups in total. The van der Waals surface area contributed by atoms with Gasteiger partial charge in [-0.2, -0.15) is 0 Å². The van der Waals surface area contributed by atoms with Crippen LogP contribution >= 0.6 is 0 Å². The summed E-state index contributed by atoms with van der Waals surface area (Å²) < 4.78 is 5.23. The maximum atomic E-state index is 11.2. The zero-order valence-electron chi connectivity index (χ0n) is 12.5. The van der Waals surface area contributed by atoms with Crippen molar-refractivity contribution >= 4 is 11.6 Å². The van der Waals surface area contributed by atoms with E-state index in [2.05, 4.69) is 31.4 Å². The Morgan fingerprint density at radius 2 is 2.00 bits per heavy atom. The van der Waals surface area contributed by atoms with Gasteiger partial charge in [0.15, 0.2) is 0 Å². The fourth-order valence-electron chi connectivity index (χ4n) is 1.78. The summed E-state index contributed by atoms with van der Waals surface area (Å²) in [4.78, 5) is 11.2. The lowest BCUT2D eigenvalue weighted by atomic mass is 10.1. The van der Waals surface area contributed by atoms with E-state index in [-0.39, 0.29) is 11.4 Å². The number of nitrogens with one attached hydrogen (secondary N) is 2. The van der Waals surface area contributed by atoms with Gasteiger partial charge in [0.1, 0.15) is 5.75 Å². The lowest BCUT2D eigenvalue weighted by molar-refractivity contribution is -0.114. The Bertz CT molecular complexity index is 436. The van der Waals surface area contributed by atoms with Gasteiger partial charge in [-0.1, -0.05) is 6.07 Å². The van der Waals surface area contributed by atoms with E-state index in [9.17, 15) is 4.79 Å². The highest BCUT2D eigenvalue weighted by molar-refractivity contribution is 5.90. The van der Waals surface area contributed by atoms with Crippen molar-refractivity contribution in [3.8, 4) is 5.75 Å². The molecule has 0 aliphatic rings. The molecule has 4 nitrogen and oxygen atoms in total. The highest BCUT2D eigenvalue weighted by Crippen LogP contribution is 2.25. The molecule has 4 heteroatoms. The van der Waals surface area contributed by atoms with Gasteiger partial charge >= 0.3 is 0 Å². The minimum absolute atomic E-state index is 0.0942. The molecule has 0 heterocycles. The molecule has 106 valence electrons. The molecule has 1 amide bonds. The standard InChI is InChI=1S/C15H24N2O2/c1-11(18)17-13-10-12(6-7-14(13)19-5)8-9-16-15(2,3)4/h6-7,10,16H,8-9H2,1-5H3,(H,17,18). The van der Waals surface area contributed by atoms with Gasteiger partial charge in [-0.3, -0.25) is 4.79 Å². The zero-order chi connectivity index (χ0) is 14.5. The normalized spacial score (nSPS) is 11.2. The number of benzene rings is 1. The minimum atomic E-state index is -0.0942. The molecule has 0 bridgehead atoms. The summed E-state index contributed by atoms with van der Waals surface area (Å²) in [6.07, 6.45) is 0.911. The second kappa shape index (κ2) is 6.57. The van der Waals surface area contributed by atoms with E-state index in [0.717, 1.165) is 18.7 Å². The Kier molecular flexibility index (Phi) is 5.36. The van der Waals surface area contributed by atoms with E-state index < -0.39 is 0 Å². The van der Waals surface area contributed by atoms with E-state index in [4.69, 9.17) is 4.74 Å². The van der Waals surface area contributed by atoms with Crippen LogP contribution in [-0.2, 0) is 11.2 Å². The summed E-state index contributed by atoms with van der Waals surface area (Å²) in [7, 11) is 1.60. The van der Waals surface area contributed by atoms with Gasteiger partial charge < -0.3 is 15.4 Å². The second-order valence-electron chi connectivity index (χ2n) is 5.64. The van der Waals surface area contributed by atoms with Crippen molar-refractivity contribution in [1.29, 1.82) is 0 Å². The van der Waals surface area contributed by atoms with Gasteiger partial charge in [0, 0.05) is 12.5 Å². The molecule has 1 aromatic rings. The van der Waals surface area contributed by atoms with Crippen LogP contribution in [0.25, 0.3) is 0 Å². The molecule has 0 aliphatic heterocycles. The number of methoxy groups -OCH3 is 1. The highest BCUT2D eigenvalue weighted by Gasteiger charge is 2.09. The molecule has 0 atom stereocenters. The van der Waals surface area contributed by atoms with E-state index in [1.807, 2.05) is 18.2 Å². The molecule has 0 radical (unpaired) electrons. The van der Waals surface area contributed by atoms with Crippen molar-refractivity contribution in [3.63, 3.8) is 0 Å². The van der Waals surface area contributed by atoms with E-state index in [1.165, 1.54) is 12.5 Å². The second-order valence-corrected chi connectivity index (χ2v) is 5.64. The van der Waals surface area contributed by atoms with Crippen LogP contribution in [0.4, 0.5) is 5.69 Å². The van der Waals surface area contributed by atoms with Crippen LogP contribution < -0.4 is 15.4 Å². The molecule has 0 aromatic heterocycles. The number of rotatable bonds is 5. The summed E-state index contributed by atoms with van der Waals surface area (Å²) >= 11 is 0. The van der Waals surface area contributed by atoms with Crippen molar-refractivity contribution in [2.75, 3.05) is 19.0 Å². The van der Waals surface area contributed by atoms with Crippen molar-refractivity contribution < 1.29 is 9.53 Å². The Balaban J connectivity index is 2.72. The van der Waals surface area contributed by atoms with Crippen molar-refractivity contribution in [1.82, 2.24) is 5.32 Å². The van der Waals surface area contributed by atoms with Crippen molar-refractivity contribution in [2.24, 2.45) is 0 Å². The third-order valence-corrected chi connectivity index (χ3v) is 2.64. The van der Waals surface area contributed by atoms with Crippen LogP contribution in [0.1, 0.15) is 33.3 Å². The molecular weight excluding hydrogens is 240 g/mol. The number of carbonyl (C=O) groups excluding carboxylic acids is 1. The Morgan fingerprint density at radius 1 is 1.32 bits per heavy atom. The molecule has 1 rings (SSSR count). The first-order chi connectivity index (χ1) is 8.81.